The number of likely N-dealkylation sites (N-methyl/N-ethyl adjacent to an activating group) is 1. The fourth-order valence-corrected chi connectivity index (χ4v) is 2.60. The largest absolute Gasteiger partial charge is 0.394 e. The number of hydrogen-bond donors (Lipinski definition) is 2. The maximum absolute atomic E-state index is 12.7. The summed E-state index contributed by atoms with van der Waals surface area (Å²) in [6.07, 6.45) is 1.74. The zero-order valence-electron chi connectivity index (χ0n) is 13.1. The van der Waals surface area contributed by atoms with E-state index in [1.165, 1.54) is 4.90 Å². The molecular weight excluding hydrogens is 282 g/mol. The van der Waals surface area contributed by atoms with Crippen LogP contribution in [0.2, 0.25) is 0 Å². The number of aliphatic hydroxyl groups is 1. The number of aliphatic hydroxyl groups excluding tert-OH is 1. The van der Waals surface area contributed by atoms with Gasteiger partial charge in [-0.2, -0.15) is 0 Å². The van der Waals surface area contributed by atoms with Gasteiger partial charge in [0.15, 0.2) is 0 Å². The zero-order valence-corrected chi connectivity index (χ0v) is 13.1. The van der Waals surface area contributed by atoms with E-state index in [4.69, 9.17) is 0 Å². The van der Waals surface area contributed by atoms with E-state index in [0.29, 0.717) is 17.8 Å². The summed E-state index contributed by atoms with van der Waals surface area (Å²) in [5.74, 6) is -0.159. The highest BCUT2D eigenvalue weighted by molar-refractivity contribution is 6.00. The van der Waals surface area contributed by atoms with E-state index in [-0.39, 0.29) is 31.0 Å². The smallest absolute Gasteiger partial charge is 0.256 e. The molecule has 1 aliphatic heterocycles. The topological polar surface area (TPSA) is 72.9 Å². The maximum atomic E-state index is 12.7. The number of hydrogen-bond acceptors (Lipinski definition) is 4. The van der Waals surface area contributed by atoms with Gasteiger partial charge in [-0.25, -0.2) is 0 Å². The second-order valence-electron chi connectivity index (χ2n) is 5.66. The molecule has 1 aromatic carbocycles. The van der Waals surface area contributed by atoms with Crippen molar-refractivity contribution in [3.8, 4) is 0 Å². The van der Waals surface area contributed by atoms with Gasteiger partial charge in [0.05, 0.1) is 24.8 Å². The first-order valence-electron chi connectivity index (χ1n) is 7.49. The van der Waals surface area contributed by atoms with Crippen molar-refractivity contribution in [2.45, 2.75) is 18.9 Å². The van der Waals surface area contributed by atoms with Gasteiger partial charge < -0.3 is 20.2 Å². The maximum Gasteiger partial charge on any atom is 0.256 e. The van der Waals surface area contributed by atoms with Gasteiger partial charge in [0.1, 0.15) is 0 Å². The molecule has 22 heavy (non-hydrogen) atoms. The second-order valence-corrected chi connectivity index (χ2v) is 5.66. The lowest BCUT2D eigenvalue weighted by atomic mass is 10.1. The molecule has 1 heterocycles. The van der Waals surface area contributed by atoms with Crippen molar-refractivity contribution in [1.29, 1.82) is 0 Å². The first kappa shape index (κ1) is 16.3. The highest BCUT2D eigenvalue weighted by Crippen LogP contribution is 2.23. The molecule has 6 nitrogen and oxygen atoms in total. The second kappa shape index (κ2) is 7.26. The van der Waals surface area contributed by atoms with Crippen LogP contribution in [0.15, 0.2) is 24.3 Å². The van der Waals surface area contributed by atoms with Gasteiger partial charge in [0, 0.05) is 26.3 Å². The van der Waals surface area contributed by atoms with Crippen molar-refractivity contribution in [2.75, 3.05) is 39.1 Å². The standard InChI is InChI=1S/C16H23N3O3/c1-18(2)15(21)10-17-14-8-4-3-7-13(14)16(22)19-9-5-6-12(19)11-20/h3-4,7-8,12,17,20H,5-6,9-11H2,1-2H3. The Morgan fingerprint density at radius 3 is 2.77 bits per heavy atom. The molecule has 1 saturated heterocycles. The zero-order chi connectivity index (χ0) is 16.1. The van der Waals surface area contributed by atoms with E-state index in [2.05, 4.69) is 5.32 Å². The lowest BCUT2D eigenvalue weighted by Gasteiger charge is -2.24. The minimum atomic E-state index is -0.107. The van der Waals surface area contributed by atoms with Gasteiger partial charge in [-0.15, -0.1) is 0 Å². The number of anilines is 1. The Labute approximate surface area is 130 Å². The first-order chi connectivity index (χ1) is 10.5. The van der Waals surface area contributed by atoms with Crippen LogP contribution in [0.25, 0.3) is 0 Å². The molecule has 2 rings (SSSR count). The Morgan fingerprint density at radius 1 is 1.36 bits per heavy atom. The number of para-hydroxylation sites is 1. The van der Waals surface area contributed by atoms with Gasteiger partial charge >= 0.3 is 0 Å². The predicted molar refractivity (Wildman–Crippen MR) is 84.8 cm³/mol. The summed E-state index contributed by atoms with van der Waals surface area (Å²) in [5.41, 5.74) is 1.18. The summed E-state index contributed by atoms with van der Waals surface area (Å²) >= 11 is 0. The normalized spacial score (nSPS) is 17.4. The molecule has 0 spiro atoms. The average Bonchev–Trinajstić information content (AvgIpc) is 3.00. The van der Waals surface area contributed by atoms with E-state index < -0.39 is 0 Å². The molecule has 0 aliphatic carbocycles. The number of carbonyl (C=O) groups excluding carboxylic acids is 2. The summed E-state index contributed by atoms with van der Waals surface area (Å²) in [4.78, 5) is 27.6. The molecule has 1 fully saturated rings. The van der Waals surface area contributed by atoms with E-state index >= 15 is 0 Å². The summed E-state index contributed by atoms with van der Waals surface area (Å²) in [7, 11) is 3.38. The van der Waals surface area contributed by atoms with Crippen molar-refractivity contribution in [3.63, 3.8) is 0 Å². The van der Waals surface area contributed by atoms with Crippen molar-refractivity contribution in [3.05, 3.63) is 29.8 Å². The molecule has 1 aromatic rings. The lowest BCUT2D eigenvalue weighted by Crippen LogP contribution is -2.38. The van der Waals surface area contributed by atoms with Crippen LogP contribution in [0, 0.1) is 0 Å². The molecule has 0 aromatic heterocycles. The fraction of sp³-hybridized carbons (Fsp3) is 0.500. The molecule has 2 N–H and O–H groups in total. The van der Waals surface area contributed by atoms with Crippen LogP contribution in [-0.4, -0.2) is 66.6 Å². The van der Waals surface area contributed by atoms with Crippen molar-refractivity contribution >= 4 is 17.5 Å². The SMILES string of the molecule is CN(C)C(=O)CNc1ccccc1C(=O)N1CCCC1CO. The molecule has 1 atom stereocenters. The Kier molecular flexibility index (Phi) is 5.38. The summed E-state index contributed by atoms with van der Waals surface area (Å²) in [5, 5.41) is 12.4. The van der Waals surface area contributed by atoms with Crippen LogP contribution in [0.3, 0.4) is 0 Å². The molecule has 1 aliphatic rings. The molecule has 0 bridgehead atoms. The van der Waals surface area contributed by atoms with Gasteiger partial charge in [-0.3, -0.25) is 9.59 Å². The number of carbonyl (C=O) groups is 2. The highest BCUT2D eigenvalue weighted by atomic mass is 16.3. The minimum absolute atomic E-state index is 0.0134. The fourth-order valence-electron chi connectivity index (χ4n) is 2.60. The highest BCUT2D eigenvalue weighted by Gasteiger charge is 2.29. The van der Waals surface area contributed by atoms with E-state index in [9.17, 15) is 14.7 Å². The predicted octanol–water partition coefficient (Wildman–Crippen LogP) is 0.784. The number of amides is 2. The van der Waals surface area contributed by atoms with Crippen LogP contribution in [0.4, 0.5) is 5.69 Å². The molecule has 1 unspecified atom stereocenters. The first-order valence-corrected chi connectivity index (χ1v) is 7.49. The number of benzene rings is 1. The number of likely N-dealkylation sites (tertiary alicyclic amines) is 1. The third kappa shape index (κ3) is 3.57. The van der Waals surface area contributed by atoms with Crippen LogP contribution in [0.1, 0.15) is 23.2 Å². The summed E-state index contributed by atoms with van der Waals surface area (Å²) < 4.78 is 0. The van der Waals surface area contributed by atoms with Crippen LogP contribution < -0.4 is 5.32 Å². The third-order valence-electron chi connectivity index (χ3n) is 3.94. The average molecular weight is 305 g/mol. The van der Waals surface area contributed by atoms with Gasteiger partial charge in [0.2, 0.25) is 5.91 Å². The van der Waals surface area contributed by atoms with Gasteiger partial charge in [0.25, 0.3) is 5.91 Å². The van der Waals surface area contributed by atoms with E-state index in [1.54, 1.807) is 37.2 Å². The van der Waals surface area contributed by atoms with Crippen LogP contribution in [-0.2, 0) is 4.79 Å². The monoisotopic (exact) mass is 305 g/mol. The molecule has 0 radical (unpaired) electrons. The number of nitrogens with zero attached hydrogens (tertiary/aromatic N) is 2. The van der Waals surface area contributed by atoms with Crippen LogP contribution in [0.5, 0.6) is 0 Å². The number of nitrogens with one attached hydrogen (secondary N) is 1. The van der Waals surface area contributed by atoms with E-state index in [1.807, 2.05) is 6.07 Å². The van der Waals surface area contributed by atoms with E-state index in [0.717, 1.165) is 12.8 Å². The Hall–Kier alpha value is -2.08. The Morgan fingerprint density at radius 2 is 2.09 bits per heavy atom. The van der Waals surface area contributed by atoms with Crippen LogP contribution >= 0.6 is 0 Å². The van der Waals surface area contributed by atoms with Crippen molar-refractivity contribution in [2.24, 2.45) is 0 Å². The molecule has 0 saturated carbocycles. The minimum Gasteiger partial charge on any atom is -0.394 e. The Balaban J connectivity index is 2.14. The van der Waals surface area contributed by atoms with Crippen molar-refractivity contribution < 1.29 is 14.7 Å². The molecule has 6 heteroatoms. The quantitative estimate of drug-likeness (QED) is 0.843. The summed E-state index contributed by atoms with van der Waals surface area (Å²) in [6.45, 7) is 0.788. The molecule has 2 amide bonds. The number of rotatable bonds is 5. The summed E-state index contributed by atoms with van der Waals surface area (Å²) in [6, 6.07) is 7.06. The molecule has 120 valence electrons. The van der Waals surface area contributed by atoms with Gasteiger partial charge in [-0.1, -0.05) is 12.1 Å². The van der Waals surface area contributed by atoms with Crippen molar-refractivity contribution in [1.82, 2.24) is 9.80 Å². The Bertz CT molecular complexity index is 545. The van der Waals surface area contributed by atoms with Gasteiger partial charge in [-0.05, 0) is 25.0 Å². The third-order valence-corrected chi connectivity index (χ3v) is 3.94. The molecular formula is C16H23N3O3. The lowest BCUT2D eigenvalue weighted by molar-refractivity contribution is -0.126.